The Morgan fingerprint density at radius 3 is 2.67 bits per heavy atom. The summed E-state index contributed by atoms with van der Waals surface area (Å²) in [5.74, 6) is 2.15. The quantitative estimate of drug-likeness (QED) is 0.654. The van der Waals surface area contributed by atoms with Crippen molar-refractivity contribution in [3.05, 3.63) is 58.2 Å². The third kappa shape index (κ3) is 2.92. The highest BCUT2D eigenvalue weighted by Gasteiger charge is 2.44. The fraction of sp³-hybridized carbons (Fsp3) is 0.360. The van der Waals surface area contributed by atoms with Crippen molar-refractivity contribution >= 4 is 6.08 Å². The van der Waals surface area contributed by atoms with Crippen molar-refractivity contribution in [1.82, 2.24) is 0 Å². The maximum Gasteiger partial charge on any atom is 0.173 e. The number of phenolic OH excluding ortho intramolecular Hbond substituents is 2. The molecule has 0 aromatic heterocycles. The highest BCUT2D eigenvalue weighted by Crippen LogP contribution is 2.57. The molecule has 2 aromatic rings. The topological polar surface area (TPSA) is 68.2 Å². The van der Waals surface area contributed by atoms with E-state index in [2.05, 4.69) is 6.08 Å². The maximum atomic E-state index is 10.6. The molecule has 0 bridgehead atoms. The van der Waals surface area contributed by atoms with Gasteiger partial charge in [-0.05, 0) is 64.0 Å². The first-order valence-electron chi connectivity index (χ1n) is 10.3. The van der Waals surface area contributed by atoms with Crippen LogP contribution in [-0.4, -0.2) is 22.4 Å². The summed E-state index contributed by atoms with van der Waals surface area (Å²) < 4.78 is 18.4. The van der Waals surface area contributed by atoms with E-state index in [4.69, 9.17) is 14.2 Å². The van der Waals surface area contributed by atoms with Gasteiger partial charge in [0.2, 0.25) is 0 Å². The Hall–Kier alpha value is -3.08. The fourth-order valence-electron chi connectivity index (χ4n) is 4.39. The fourth-order valence-corrected chi connectivity index (χ4v) is 4.39. The normalized spacial score (nSPS) is 21.9. The summed E-state index contributed by atoms with van der Waals surface area (Å²) in [6.45, 7) is 8.40. The number of hydrogen-bond donors (Lipinski definition) is 2. The number of hydrogen-bond acceptors (Lipinski definition) is 5. The molecule has 3 aliphatic heterocycles. The molecule has 0 fully saturated rings. The predicted molar refractivity (Wildman–Crippen MR) is 115 cm³/mol. The van der Waals surface area contributed by atoms with Crippen LogP contribution >= 0.6 is 0 Å². The third-order valence-electron chi connectivity index (χ3n) is 5.97. The third-order valence-corrected chi connectivity index (χ3v) is 5.97. The van der Waals surface area contributed by atoms with E-state index in [0.717, 1.165) is 28.0 Å². The van der Waals surface area contributed by atoms with E-state index in [-0.39, 0.29) is 23.5 Å². The number of phenols is 2. The van der Waals surface area contributed by atoms with Crippen LogP contribution in [0.5, 0.6) is 28.7 Å². The van der Waals surface area contributed by atoms with Gasteiger partial charge in [-0.2, -0.15) is 0 Å². The summed E-state index contributed by atoms with van der Waals surface area (Å²) in [5, 5.41) is 21.1. The molecule has 0 amide bonds. The van der Waals surface area contributed by atoms with Gasteiger partial charge in [-0.15, -0.1) is 0 Å². The van der Waals surface area contributed by atoms with Gasteiger partial charge >= 0.3 is 0 Å². The largest absolute Gasteiger partial charge is 0.508 e. The molecule has 0 saturated carbocycles. The number of ether oxygens (including phenoxy) is 3. The first kappa shape index (κ1) is 18.9. The monoisotopic (exact) mass is 406 g/mol. The summed E-state index contributed by atoms with van der Waals surface area (Å²) in [7, 11) is 0. The second-order valence-corrected chi connectivity index (χ2v) is 9.06. The Morgan fingerprint density at radius 2 is 1.90 bits per heavy atom. The molecule has 30 heavy (non-hydrogen) atoms. The van der Waals surface area contributed by atoms with Gasteiger partial charge in [-0.3, -0.25) is 0 Å². The van der Waals surface area contributed by atoms with Crippen LogP contribution in [-0.2, 0) is 6.42 Å². The summed E-state index contributed by atoms with van der Waals surface area (Å²) >= 11 is 0. The molecular weight excluding hydrogens is 380 g/mol. The average Bonchev–Trinajstić information content (AvgIpc) is 3.04. The summed E-state index contributed by atoms with van der Waals surface area (Å²) in [4.78, 5) is 0. The standard InChI is InChI=1S/C25H26O5/c1-13(2)5-6-14-9-17-21(11-19(14)26)28-12-18-16-10-20(27)24-15(22(16)29-23(17)18)7-8-25(3,4)30-24/h5,7-11,18,23,26-27H,6,12H2,1-4H3/t18-,23-/m0/s1. The van der Waals surface area contributed by atoms with Crippen LogP contribution in [0.2, 0.25) is 0 Å². The predicted octanol–water partition coefficient (Wildman–Crippen LogP) is 5.40. The van der Waals surface area contributed by atoms with E-state index in [0.29, 0.717) is 24.5 Å². The molecule has 2 N–H and O–H groups in total. The molecule has 0 saturated heterocycles. The molecule has 5 rings (SSSR count). The summed E-state index contributed by atoms with van der Waals surface area (Å²) in [5.41, 5.74) is 4.16. The summed E-state index contributed by atoms with van der Waals surface area (Å²) in [6.07, 6.45) is 6.44. The number of allylic oxidation sites excluding steroid dienone is 2. The molecule has 5 nitrogen and oxygen atoms in total. The van der Waals surface area contributed by atoms with Crippen LogP contribution < -0.4 is 14.2 Å². The van der Waals surface area contributed by atoms with Crippen LogP contribution in [0.3, 0.4) is 0 Å². The smallest absolute Gasteiger partial charge is 0.173 e. The van der Waals surface area contributed by atoms with Crippen molar-refractivity contribution in [3.8, 4) is 28.7 Å². The summed E-state index contributed by atoms with van der Waals surface area (Å²) in [6, 6.07) is 5.41. The molecule has 156 valence electrons. The lowest BCUT2D eigenvalue weighted by molar-refractivity contribution is 0.136. The van der Waals surface area contributed by atoms with Gasteiger partial charge in [-0.1, -0.05) is 11.6 Å². The minimum absolute atomic E-state index is 0.0344. The lowest BCUT2D eigenvalue weighted by Crippen LogP contribution is -2.27. The zero-order valence-corrected chi connectivity index (χ0v) is 17.7. The number of aromatic hydroxyl groups is 2. The van der Waals surface area contributed by atoms with Crippen molar-refractivity contribution in [3.63, 3.8) is 0 Å². The van der Waals surface area contributed by atoms with Crippen molar-refractivity contribution in [2.45, 2.75) is 51.7 Å². The van der Waals surface area contributed by atoms with Crippen LogP contribution in [0, 0.1) is 0 Å². The molecule has 2 aromatic carbocycles. The van der Waals surface area contributed by atoms with Crippen molar-refractivity contribution in [2.24, 2.45) is 0 Å². The van der Waals surface area contributed by atoms with Crippen LogP contribution in [0.15, 0.2) is 35.9 Å². The Morgan fingerprint density at radius 1 is 1.10 bits per heavy atom. The number of benzene rings is 2. The Labute approximate surface area is 176 Å². The van der Waals surface area contributed by atoms with Gasteiger partial charge in [0.25, 0.3) is 0 Å². The molecule has 0 aliphatic carbocycles. The number of fused-ring (bicyclic) bond motifs is 7. The molecule has 3 aliphatic rings. The van der Waals surface area contributed by atoms with E-state index >= 15 is 0 Å². The Balaban J connectivity index is 1.58. The molecule has 0 unspecified atom stereocenters. The van der Waals surface area contributed by atoms with Gasteiger partial charge in [0.1, 0.15) is 29.0 Å². The lowest BCUT2D eigenvalue weighted by Gasteiger charge is -2.29. The average molecular weight is 406 g/mol. The lowest BCUT2D eigenvalue weighted by atomic mass is 9.87. The molecule has 2 atom stereocenters. The van der Waals surface area contributed by atoms with Gasteiger partial charge in [-0.25, -0.2) is 0 Å². The highest BCUT2D eigenvalue weighted by molar-refractivity contribution is 5.74. The number of rotatable bonds is 2. The van der Waals surface area contributed by atoms with Crippen LogP contribution in [0.1, 0.15) is 62.0 Å². The van der Waals surface area contributed by atoms with E-state index < -0.39 is 5.60 Å². The molecule has 0 spiro atoms. The second kappa shape index (κ2) is 6.46. The Bertz CT molecular complexity index is 1110. The molecular formula is C25H26O5. The van der Waals surface area contributed by atoms with E-state index in [1.807, 2.05) is 45.9 Å². The SMILES string of the molecule is CC(C)=CCc1cc2c(cc1O)OC[C@H]1c3cc(O)c4c(c3O[C@@H]21)C=CC(C)(C)O4. The minimum Gasteiger partial charge on any atom is -0.508 e. The van der Waals surface area contributed by atoms with Gasteiger partial charge in [0, 0.05) is 17.2 Å². The molecule has 5 heteroatoms. The maximum absolute atomic E-state index is 10.6. The first-order valence-corrected chi connectivity index (χ1v) is 10.3. The highest BCUT2D eigenvalue weighted by atomic mass is 16.5. The van der Waals surface area contributed by atoms with Gasteiger partial charge < -0.3 is 24.4 Å². The zero-order valence-electron chi connectivity index (χ0n) is 17.7. The van der Waals surface area contributed by atoms with Crippen molar-refractivity contribution in [1.29, 1.82) is 0 Å². The van der Waals surface area contributed by atoms with Gasteiger partial charge in [0.05, 0.1) is 18.1 Å². The zero-order chi connectivity index (χ0) is 21.2. The van der Waals surface area contributed by atoms with Crippen LogP contribution in [0.4, 0.5) is 0 Å². The first-order chi connectivity index (χ1) is 14.2. The van der Waals surface area contributed by atoms with Gasteiger partial charge in [0.15, 0.2) is 11.5 Å². The molecule has 3 heterocycles. The van der Waals surface area contributed by atoms with E-state index in [9.17, 15) is 10.2 Å². The minimum atomic E-state index is -0.489. The van der Waals surface area contributed by atoms with E-state index in [1.54, 1.807) is 12.1 Å². The molecule has 0 radical (unpaired) electrons. The van der Waals surface area contributed by atoms with Crippen molar-refractivity contribution < 1.29 is 24.4 Å². The van der Waals surface area contributed by atoms with Crippen molar-refractivity contribution in [2.75, 3.05) is 6.61 Å². The van der Waals surface area contributed by atoms with E-state index in [1.165, 1.54) is 5.57 Å². The Kier molecular flexibility index (Phi) is 4.07. The second-order valence-electron chi connectivity index (χ2n) is 9.06. The van der Waals surface area contributed by atoms with Crippen LogP contribution in [0.25, 0.3) is 6.08 Å².